The molecule has 144 valence electrons. The molecule has 0 radical (unpaired) electrons. The molecule has 1 aromatic heterocycles. The third-order valence-electron chi connectivity index (χ3n) is 4.21. The van der Waals surface area contributed by atoms with Crippen molar-refractivity contribution in [3.63, 3.8) is 0 Å². The number of rotatable bonds is 4. The first-order chi connectivity index (χ1) is 14.0. The smallest absolute Gasteiger partial charge is 0.259 e. The van der Waals surface area contributed by atoms with Gasteiger partial charge >= 0.3 is 0 Å². The largest absolute Gasteiger partial charge is 0.506 e. The van der Waals surface area contributed by atoms with Crippen molar-refractivity contribution < 1.29 is 14.6 Å². The summed E-state index contributed by atoms with van der Waals surface area (Å²) >= 11 is 9.19. The summed E-state index contributed by atoms with van der Waals surface area (Å²) in [7, 11) is 0. The fraction of sp³-hybridized carbons (Fsp3) is 0. The summed E-state index contributed by atoms with van der Waals surface area (Å²) in [5, 5.41) is 13.8. The van der Waals surface area contributed by atoms with Gasteiger partial charge in [-0.15, -0.1) is 0 Å². The van der Waals surface area contributed by atoms with Gasteiger partial charge in [-0.2, -0.15) is 0 Å². The highest BCUT2D eigenvalue weighted by atomic mass is 79.9. The number of halogens is 2. The van der Waals surface area contributed by atoms with Crippen molar-refractivity contribution in [1.29, 1.82) is 0 Å². The second-order valence-electron chi connectivity index (χ2n) is 6.20. The Kier molecular flexibility index (Phi) is 5.38. The van der Waals surface area contributed by atoms with E-state index in [4.69, 9.17) is 16.3 Å². The lowest BCUT2D eigenvalue weighted by Crippen LogP contribution is -2.12. The molecule has 0 unspecified atom stereocenters. The summed E-state index contributed by atoms with van der Waals surface area (Å²) < 4.78 is 6.54. The standard InChI is InChI=1S/C22H14BrClN2O3/c23-14-11-17(21(27)18(24)12-14)22(28)26-15-6-8-16(9-7-15)29-19-5-1-3-13-4-2-10-25-20(13)19/h1-12,27H,(H,26,28). The Morgan fingerprint density at radius 2 is 1.83 bits per heavy atom. The van der Waals surface area contributed by atoms with Gasteiger partial charge in [-0.1, -0.05) is 45.7 Å². The maximum Gasteiger partial charge on any atom is 0.259 e. The fourth-order valence-electron chi connectivity index (χ4n) is 2.83. The number of nitrogens with one attached hydrogen (secondary N) is 1. The molecule has 4 aromatic rings. The van der Waals surface area contributed by atoms with E-state index in [1.165, 1.54) is 12.1 Å². The Morgan fingerprint density at radius 3 is 2.62 bits per heavy atom. The number of amides is 1. The van der Waals surface area contributed by atoms with Crippen molar-refractivity contribution in [1.82, 2.24) is 4.98 Å². The van der Waals surface area contributed by atoms with Crippen molar-refractivity contribution in [3.05, 3.63) is 88.0 Å². The number of carbonyl (C=O) groups excluding carboxylic acids is 1. The van der Waals surface area contributed by atoms with Crippen LogP contribution in [0.4, 0.5) is 5.69 Å². The molecule has 0 fully saturated rings. The van der Waals surface area contributed by atoms with Crippen molar-refractivity contribution in [2.75, 3.05) is 5.32 Å². The molecule has 4 rings (SSSR count). The number of hydrogen-bond donors (Lipinski definition) is 2. The van der Waals surface area contributed by atoms with Crippen LogP contribution in [0.1, 0.15) is 10.4 Å². The molecular formula is C22H14BrClN2O3. The van der Waals surface area contributed by atoms with Gasteiger partial charge in [-0.05, 0) is 48.5 Å². The number of aromatic nitrogens is 1. The number of ether oxygens (including phenoxy) is 1. The lowest BCUT2D eigenvalue weighted by molar-refractivity contribution is 0.102. The van der Waals surface area contributed by atoms with Gasteiger partial charge in [0.2, 0.25) is 0 Å². The molecule has 5 nitrogen and oxygen atoms in total. The topological polar surface area (TPSA) is 71.5 Å². The number of phenolic OH excluding ortho intramolecular Hbond substituents is 1. The van der Waals surface area contributed by atoms with Crippen LogP contribution in [0.5, 0.6) is 17.2 Å². The molecule has 0 atom stereocenters. The quantitative estimate of drug-likeness (QED) is 0.363. The summed E-state index contributed by atoms with van der Waals surface area (Å²) in [6.07, 6.45) is 1.72. The number of fused-ring (bicyclic) bond motifs is 1. The number of benzene rings is 3. The molecule has 0 aliphatic carbocycles. The number of phenols is 1. The lowest BCUT2D eigenvalue weighted by Gasteiger charge is -2.11. The number of nitrogens with zero attached hydrogens (tertiary/aromatic N) is 1. The molecule has 1 heterocycles. The van der Waals surface area contributed by atoms with Gasteiger partial charge in [0, 0.05) is 21.7 Å². The Labute approximate surface area is 180 Å². The van der Waals surface area contributed by atoms with Gasteiger partial charge < -0.3 is 15.2 Å². The minimum Gasteiger partial charge on any atom is -0.506 e. The lowest BCUT2D eigenvalue weighted by atomic mass is 10.2. The molecular weight excluding hydrogens is 456 g/mol. The maximum absolute atomic E-state index is 12.5. The number of aromatic hydroxyl groups is 1. The molecule has 7 heteroatoms. The summed E-state index contributed by atoms with van der Waals surface area (Å²) in [5.41, 5.74) is 1.40. The van der Waals surface area contributed by atoms with E-state index in [0.717, 1.165) is 10.9 Å². The van der Waals surface area contributed by atoms with E-state index in [1.54, 1.807) is 30.5 Å². The number of anilines is 1. The first-order valence-electron chi connectivity index (χ1n) is 8.62. The molecule has 0 bridgehead atoms. The Bertz CT molecular complexity index is 1210. The van der Waals surface area contributed by atoms with Crippen LogP contribution in [-0.2, 0) is 0 Å². The zero-order valence-electron chi connectivity index (χ0n) is 14.9. The van der Waals surface area contributed by atoms with E-state index >= 15 is 0 Å². The SMILES string of the molecule is O=C(Nc1ccc(Oc2cccc3cccnc23)cc1)c1cc(Br)cc(Cl)c1O. The van der Waals surface area contributed by atoms with Gasteiger partial charge in [0.15, 0.2) is 5.75 Å². The van der Waals surface area contributed by atoms with Crippen LogP contribution in [0.15, 0.2) is 77.4 Å². The highest BCUT2D eigenvalue weighted by molar-refractivity contribution is 9.10. The molecule has 0 aliphatic heterocycles. The van der Waals surface area contributed by atoms with Crippen LogP contribution in [0.2, 0.25) is 5.02 Å². The fourth-order valence-corrected chi connectivity index (χ4v) is 3.64. The first-order valence-corrected chi connectivity index (χ1v) is 9.79. The summed E-state index contributed by atoms with van der Waals surface area (Å²) in [6, 6.07) is 19.5. The van der Waals surface area contributed by atoms with Gasteiger partial charge in [0.1, 0.15) is 17.0 Å². The van der Waals surface area contributed by atoms with Crippen LogP contribution in [0.3, 0.4) is 0 Å². The number of pyridine rings is 1. The minimum absolute atomic E-state index is 0.0755. The van der Waals surface area contributed by atoms with Crippen molar-refractivity contribution in [2.24, 2.45) is 0 Å². The molecule has 29 heavy (non-hydrogen) atoms. The predicted octanol–water partition coefficient (Wildman–Crippen LogP) is 6.40. The summed E-state index contributed by atoms with van der Waals surface area (Å²) in [6.45, 7) is 0. The normalized spacial score (nSPS) is 10.7. The highest BCUT2D eigenvalue weighted by Gasteiger charge is 2.15. The van der Waals surface area contributed by atoms with Gasteiger partial charge in [-0.25, -0.2) is 0 Å². The van der Waals surface area contributed by atoms with Gasteiger partial charge in [-0.3, -0.25) is 9.78 Å². The Hall–Kier alpha value is -3.09. The van der Waals surface area contributed by atoms with Crippen molar-refractivity contribution in [2.45, 2.75) is 0 Å². The van der Waals surface area contributed by atoms with Crippen LogP contribution >= 0.6 is 27.5 Å². The van der Waals surface area contributed by atoms with E-state index in [9.17, 15) is 9.90 Å². The van der Waals surface area contributed by atoms with Crippen LogP contribution < -0.4 is 10.1 Å². The zero-order chi connectivity index (χ0) is 20.4. The van der Waals surface area contributed by atoms with E-state index < -0.39 is 5.91 Å². The second kappa shape index (κ2) is 8.11. The Balaban J connectivity index is 1.52. The van der Waals surface area contributed by atoms with E-state index in [1.807, 2.05) is 30.3 Å². The molecule has 0 spiro atoms. The highest BCUT2D eigenvalue weighted by Crippen LogP contribution is 2.32. The molecule has 0 saturated carbocycles. The minimum atomic E-state index is -0.474. The maximum atomic E-state index is 12.5. The monoisotopic (exact) mass is 468 g/mol. The Morgan fingerprint density at radius 1 is 1.07 bits per heavy atom. The van der Waals surface area contributed by atoms with Gasteiger partial charge in [0.25, 0.3) is 5.91 Å². The average Bonchev–Trinajstić information content (AvgIpc) is 2.72. The third-order valence-corrected chi connectivity index (χ3v) is 4.95. The summed E-state index contributed by atoms with van der Waals surface area (Å²) in [4.78, 5) is 16.8. The molecule has 0 aliphatic rings. The average molecular weight is 470 g/mol. The third kappa shape index (κ3) is 4.18. The van der Waals surface area contributed by atoms with Gasteiger partial charge in [0.05, 0.1) is 10.6 Å². The van der Waals surface area contributed by atoms with E-state index in [2.05, 4.69) is 26.2 Å². The second-order valence-corrected chi connectivity index (χ2v) is 7.52. The first kappa shape index (κ1) is 19.2. The van der Waals surface area contributed by atoms with Crippen LogP contribution in [-0.4, -0.2) is 16.0 Å². The molecule has 3 aromatic carbocycles. The summed E-state index contributed by atoms with van der Waals surface area (Å²) in [5.74, 6) is 0.511. The van der Waals surface area contributed by atoms with Crippen molar-refractivity contribution >= 4 is 50.0 Å². The van der Waals surface area contributed by atoms with E-state index in [-0.39, 0.29) is 16.3 Å². The van der Waals surface area contributed by atoms with Crippen LogP contribution in [0.25, 0.3) is 10.9 Å². The van der Waals surface area contributed by atoms with Crippen LogP contribution in [0, 0.1) is 0 Å². The molecule has 2 N–H and O–H groups in total. The van der Waals surface area contributed by atoms with Crippen molar-refractivity contribution in [3.8, 4) is 17.2 Å². The number of carbonyl (C=O) groups is 1. The molecule has 1 amide bonds. The number of para-hydroxylation sites is 1. The number of hydrogen-bond acceptors (Lipinski definition) is 4. The zero-order valence-corrected chi connectivity index (χ0v) is 17.2. The van der Waals surface area contributed by atoms with E-state index in [0.29, 0.717) is 21.7 Å². The predicted molar refractivity (Wildman–Crippen MR) is 117 cm³/mol. The molecule has 0 saturated heterocycles.